The van der Waals surface area contributed by atoms with Crippen molar-refractivity contribution in [3.63, 3.8) is 0 Å². The number of hydrogen-bond donors (Lipinski definition) is 1. The largest absolute Gasteiger partial charge is 0.351 e. The number of hydrogen-bond acceptors (Lipinski definition) is 4. The van der Waals surface area contributed by atoms with Gasteiger partial charge in [-0.1, -0.05) is 55.8 Å². The van der Waals surface area contributed by atoms with E-state index >= 15 is 0 Å². The van der Waals surface area contributed by atoms with E-state index in [0.717, 1.165) is 11.1 Å². The second kappa shape index (κ2) is 10.0. The van der Waals surface area contributed by atoms with Gasteiger partial charge in [-0.2, -0.15) is 4.31 Å². The number of carbonyl (C=O) groups excluding carboxylic acids is 2. The molecule has 7 nitrogen and oxygen atoms in total. The third kappa shape index (κ3) is 5.31. The Morgan fingerprint density at radius 1 is 1.09 bits per heavy atom. The molecular formula is C23H28ClN3O4S. The van der Waals surface area contributed by atoms with Crippen molar-refractivity contribution in [2.75, 3.05) is 19.6 Å². The van der Waals surface area contributed by atoms with Gasteiger partial charge in [0, 0.05) is 38.1 Å². The van der Waals surface area contributed by atoms with E-state index in [2.05, 4.69) is 5.32 Å². The first-order valence-electron chi connectivity index (χ1n) is 10.5. The fourth-order valence-corrected chi connectivity index (χ4v) is 5.43. The van der Waals surface area contributed by atoms with Crippen LogP contribution in [0, 0.1) is 0 Å². The zero-order valence-electron chi connectivity index (χ0n) is 18.4. The number of halogens is 1. The second-order valence-electron chi connectivity index (χ2n) is 8.13. The maximum Gasteiger partial charge on any atom is 0.243 e. The van der Waals surface area contributed by atoms with Gasteiger partial charge in [0.15, 0.2) is 0 Å². The Kier molecular flexibility index (Phi) is 7.59. The lowest BCUT2D eigenvalue weighted by Crippen LogP contribution is -2.61. The van der Waals surface area contributed by atoms with Crippen molar-refractivity contribution in [3.05, 3.63) is 64.7 Å². The minimum absolute atomic E-state index is 0.00695. The maximum atomic E-state index is 13.4. The van der Waals surface area contributed by atoms with Crippen LogP contribution in [0.1, 0.15) is 37.8 Å². The van der Waals surface area contributed by atoms with Crippen molar-refractivity contribution in [1.29, 1.82) is 0 Å². The summed E-state index contributed by atoms with van der Waals surface area (Å²) in [4.78, 5) is 26.6. The molecule has 172 valence electrons. The minimum Gasteiger partial charge on any atom is -0.351 e. The number of benzene rings is 2. The number of sulfonamides is 1. The zero-order valence-corrected chi connectivity index (χ0v) is 20.0. The van der Waals surface area contributed by atoms with Gasteiger partial charge in [0.05, 0.1) is 4.90 Å². The van der Waals surface area contributed by atoms with E-state index in [-0.39, 0.29) is 42.9 Å². The van der Waals surface area contributed by atoms with Crippen LogP contribution in [0.15, 0.2) is 53.4 Å². The Morgan fingerprint density at radius 3 is 2.34 bits per heavy atom. The summed E-state index contributed by atoms with van der Waals surface area (Å²) in [5.41, 5.74) is 1.75. The lowest BCUT2D eigenvalue weighted by molar-refractivity contribution is -0.134. The molecule has 9 heteroatoms. The van der Waals surface area contributed by atoms with Gasteiger partial charge in [0.2, 0.25) is 21.8 Å². The van der Waals surface area contributed by atoms with Crippen LogP contribution in [0.5, 0.6) is 0 Å². The molecule has 0 radical (unpaired) electrons. The minimum atomic E-state index is -3.93. The number of amides is 2. The lowest BCUT2D eigenvalue weighted by atomic mass is 10.0. The van der Waals surface area contributed by atoms with E-state index in [4.69, 9.17) is 11.6 Å². The van der Waals surface area contributed by atoms with Crippen molar-refractivity contribution in [3.8, 4) is 0 Å². The van der Waals surface area contributed by atoms with Crippen molar-refractivity contribution < 1.29 is 18.0 Å². The van der Waals surface area contributed by atoms with E-state index in [9.17, 15) is 18.0 Å². The molecule has 0 aliphatic carbocycles. The first-order valence-corrected chi connectivity index (χ1v) is 12.3. The number of nitrogens with one attached hydrogen (secondary N) is 1. The topological polar surface area (TPSA) is 86.8 Å². The Labute approximate surface area is 194 Å². The summed E-state index contributed by atoms with van der Waals surface area (Å²) >= 11 is 6.16. The Balaban J connectivity index is 1.85. The molecule has 1 atom stereocenters. The Bertz CT molecular complexity index is 1090. The van der Waals surface area contributed by atoms with E-state index < -0.39 is 22.0 Å². The average Bonchev–Trinajstić information content (AvgIpc) is 2.77. The highest BCUT2D eigenvalue weighted by Crippen LogP contribution is 2.24. The molecule has 32 heavy (non-hydrogen) atoms. The molecule has 2 aromatic rings. The van der Waals surface area contributed by atoms with Crippen LogP contribution in [0.25, 0.3) is 0 Å². The monoisotopic (exact) mass is 477 g/mol. The van der Waals surface area contributed by atoms with Crippen molar-refractivity contribution in [2.24, 2.45) is 0 Å². The van der Waals surface area contributed by atoms with Crippen molar-refractivity contribution in [2.45, 2.75) is 44.2 Å². The van der Waals surface area contributed by atoms with Crippen LogP contribution in [0.2, 0.25) is 5.02 Å². The van der Waals surface area contributed by atoms with Crippen LogP contribution < -0.4 is 5.32 Å². The van der Waals surface area contributed by atoms with E-state index in [1.807, 2.05) is 19.9 Å². The van der Waals surface area contributed by atoms with Gasteiger partial charge in [0.25, 0.3) is 0 Å². The molecule has 1 unspecified atom stereocenters. The van der Waals surface area contributed by atoms with Gasteiger partial charge < -0.3 is 10.2 Å². The summed E-state index contributed by atoms with van der Waals surface area (Å²) in [6, 6.07) is 12.8. The zero-order chi connectivity index (χ0) is 23.5. The van der Waals surface area contributed by atoms with Gasteiger partial charge in [-0.3, -0.25) is 9.59 Å². The molecule has 2 aromatic carbocycles. The third-order valence-corrected chi connectivity index (χ3v) is 7.93. The fourth-order valence-electron chi connectivity index (χ4n) is 3.66. The Hall–Kier alpha value is -2.42. The van der Waals surface area contributed by atoms with Crippen molar-refractivity contribution >= 4 is 33.4 Å². The number of carbonyl (C=O) groups is 2. The molecular weight excluding hydrogens is 450 g/mol. The molecule has 0 aromatic heterocycles. The number of rotatable bonds is 6. The molecule has 1 heterocycles. The molecule has 0 bridgehead atoms. The molecule has 1 N–H and O–H groups in total. The predicted molar refractivity (Wildman–Crippen MR) is 124 cm³/mol. The highest BCUT2D eigenvalue weighted by Gasteiger charge is 2.40. The summed E-state index contributed by atoms with van der Waals surface area (Å²) < 4.78 is 28.0. The molecule has 1 fully saturated rings. The molecule has 0 spiro atoms. The quantitative estimate of drug-likeness (QED) is 0.692. The van der Waals surface area contributed by atoms with Crippen LogP contribution in [0.3, 0.4) is 0 Å². The van der Waals surface area contributed by atoms with Gasteiger partial charge >= 0.3 is 0 Å². The maximum absolute atomic E-state index is 13.4. The summed E-state index contributed by atoms with van der Waals surface area (Å²) in [6.07, 6.45) is 0. The first-order chi connectivity index (χ1) is 15.1. The molecule has 1 saturated heterocycles. The predicted octanol–water partition coefficient (Wildman–Crippen LogP) is 3.00. The summed E-state index contributed by atoms with van der Waals surface area (Å²) in [6.45, 7) is 5.89. The average molecular weight is 478 g/mol. The number of piperazine rings is 1. The summed E-state index contributed by atoms with van der Waals surface area (Å²) in [7, 11) is -3.93. The standard InChI is InChI=1S/C23H28ClN3O4S/c1-16(2)18-8-10-20(11-9-18)32(30,31)27-13-12-26(17(3)28)15-22(27)23(29)25-14-19-6-4-5-7-21(19)24/h4-11,16,22H,12-15H2,1-3H3,(H,25,29). The molecule has 0 saturated carbocycles. The summed E-state index contributed by atoms with van der Waals surface area (Å²) in [5, 5.41) is 3.29. The van der Waals surface area contributed by atoms with Crippen LogP contribution in [-0.4, -0.2) is 55.1 Å². The van der Waals surface area contributed by atoms with Gasteiger partial charge in [-0.25, -0.2) is 8.42 Å². The van der Waals surface area contributed by atoms with Crippen LogP contribution >= 0.6 is 11.6 Å². The smallest absolute Gasteiger partial charge is 0.243 e. The van der Waals surface area contributed by atoms with Crippen LogP contribution in [-0.2, 0) is 26.2 Å². The highest BCUT2D eigenvalue weighted by molar-refractivity contribution is 7.89. The van der Waals surface area contributed by atoms with Gasteiger partial charge in [-0.05, 0) is 35.2 Å². The lowest BCUT2D eigenvalue weighted by Gasteiger charge is -2.39. The second-order valence-corrected chi connectivity index (χ2v) is 10.4. The van der Waals surface area contributed by atoms with Gasteiger partial charge in [-0.15, -0.1) is 0 Å². The molecule has 1 aliphatic heterocycles. The molecule has 2 amide bonds. The highest BCUT2D eigenvalue weighted by atomic mass is 35.5. The fraction of sp³-hybridized carbons (Fsp3) is 0.391. The molecule has 3 rings (SSSR count). The van der Waals surface area contributed by atoms with Gasteiger partial charge in [0.1, 0.15) is 6.04 Å². The first kappa shape index (κ1) is 24.2. The van der Waals surface area contributed by atoms with E-state index in [0.29, 0.717) is 5.02 Å². The SMILES string of the molecule is CC(=O)N1CCN(S(=O)(=O)c2ccc(C(C)C)cc2)C(C(=O)NCc2ccccc2Cl)C1. The van der Waals surface area contributed by atoms with Crippen LogP contribution in [0.4, 0.5) is 0 Å². The summed E-state index contributed by atoms with van der Waals surface area (Å²) in [5.74, 6) is -0.403. The normalized spacial score (nSPS) is 17.4. The number of nitrogens with zero attached hydrogens (tertiary/aromatic N) is 2. The third-order valence-electron chi connectivity index (χ3n) is 5.64. The molecule has 1 aliphatic rings. The Morgan fingerprint density at radius 2 is 1.75 bits per heavy atom. The van der Waals surface area contributed by atoms with E-state index in [1.165, 1.54) is 16.1 Å². The van der Waals surface area contributed by atoms with E-state index in [1.54, 1.807) is 42.5 Å². The van der Waals surface area contributed by atoms with Crippen molar-refractivity contribution in [1.82, 2.24) is 14.5 Å².